The van der Waals surface area contributed by atoms with Crippen molar-refractivity contribution in [1.29, 1.82) is 0 Å². The Morgan fingerprint density at radius 2 is 1.71 bits per heavy atom. The van der Waals surface area contributed by atoms with E-state index in [0.717, 1.165) is 47.6 Å². The Kier molecular flexibility index (Phi) is 9.27. The van der Waals surface area contributed by atoms with Crippen LogP contribution in [-0.2, 0) is 4.74 Å². The van der Waals surface area contributed by atoms with Crippen molar-refractivity contribution in [3.8, 4) is 0 Å². The molecule has 1 saturated heterocycles. The van der Waals surface area contributed by atoms with Crippen molar-refractivity contribution in [3.05, 3.63) is 131 Å². The molecule has 214 valence electrons. The number of rotatable bonds is 10. The van der Waals surface area contributed by atoms with E-state index < -0.39 is 11.6 Å². The minimum atomic E-state index is -0.836. The number of ether oxygens (including phenoxy) is 1. The van der Waals surface area contributed by atoms with E-state index in [9.17, 15) is 8.78 Å². The molecule has 2 aliphatic heterocycles. The number of methoxy groups -OCH3 is 1. The maximum atomic E-state index is 14.2. The molecule has 3 atom stereocenters. The summed E-state index contributed by atoms with van der Waals surface area (Å²) in [6.45, 7) is 10.00. The summed E-state index contributed by atoms with van der Waals surface area (Å²) in [7, 11) is 1.68. The number of nitrogens with one attached hydrogen (secondary N) is 2. The largest absolute Gasteiger partial charge is 0.383 e. The average molecular weight is 557 g/mol. The summed E-state index contributed by atoms with van der Waals surface area (Å²) in [5, 5.41) is 7.25. The third-order valence-corrected chi connectivity index (χ3v) is 8.07. The summed E-state index contributed by atoms with van der Waals surface area (Å²) in [6.07, 6.45) is 0.860. The zero-order chi connectivity index (χ0) is 28.8. The van der Waals surface area contributed by atoms with Crippen LogP contribution in [0.1, 0.15) is 41.9 Å². The maximum Gasteiger partial charge on any atom is 0.159 e. The first-order valence-electron chi connectivity index (χ1n) is 14.2. The smallest absolute Gasteiger partial charge is 0.159 e. The van der Waals surface area contributed by atoms with E-state index in [1.54, 1.807) is 13.2 Å². The first-order valence-corrected chi connectivity index (χ1v) is 14.2. The Hall–Kier alpha value is -3.81. The SMILES string of the molecule is C=C(NC1=C(C)C(c2ccccc2)=NCCC1c1ccccc1)N[C@@H]1CN(CCOC)C[C@H]1c1ccc(F)c(F)c1. The lowest BCUT2D eigenvalue weighted by Crippen LogP contribution is -2.40. The van der Waals surface area contributed by atoms with Crippen molar-refractivity contribution < 1.29 is 13.5 Å². The lowest BCUT2D eigenvalue weighted by atomic mass is 9.89. The summed E-state index contributed by atoms with van der Waals surface area (Å²) in [5.74, 6) is -0.927. The van der Waals surface area contributed by atoms with E-state index in [-0.39, 0.29) is 17.9 Å². The molecule has 0 bridgehead atoms. The molecule has 7 heteroatoms. The third kappa shape index (κ3) is 6.75. The summed E-state index contributed by atoms with van der Waals surface area (Å²) in [4.78, 5) is 7.28. The highest BCUT2D eigenvalue weighted by atomic mass is 19.2. The Morgan fingerprint density at radius 3 is 2.41 bits per heavy atom. The zero-order valence-corrected chi connectivity index (χ0v) is 23.7. The average Bonchev–Trinajstić information content (AvgIpc) is 3.31. The van der Waals surface area contributed by atoms with Crippen LogP contribution in [0.5, 0.6) is 0 Å². The second-order valence-corrected chi connectivity index (χ2v) is 10.8. The van der Waals surface area contributed by atoms with E-state index >= 15 is 0 Å². The second-order valence-electron chi connectivity index (χ2n) is 10.8. The molecule has 1 fully saturated rings. The predicted molar refractivity (Wildman–Crippen MR) is 161 cm³/mol. The van der Waals surface area contributed by atoms with Crippen LogP contribution in [0.3, 0.4) is 0 Å². The van der Waals surface area contributed by atoms with Gasteiger partial charge in [-0.15, -0.1) is 0 Å². The molecule has 0 aliphatic carbocycles. The van der Waals surface area contributed by atoms with Crippen molar-refractivity contribution >= 4 is 5.71 Å². The van der Waals surface area contributed by atoms with Crippen LogP contribution >= 0.6 is 0 Å². The summed E-state index contributed by atoms with van der Waals surface area (Å²) < 4.78 is 33.3. The van der Waals surface area contributed by atoms with Crippen molar-refractivity contribution in [2.75, 3.05) is 39.9 Å². The molecule has 41 heavy (non-hydrogen) atoms. The van der Waals surface area contributed by atoms with Gasteiger partial charge < -0.3 is 15.4 Å². The van der Waals surface area contributed by atoms with Crippen LogP contribution < -0.4 is 10.6 Å². The number of halogens is 2. The number of hydrogen-bond acceptors (Lipinski definition) is 5. The molecule has 0 radical (unpaired) electrons. The fourth-order valence-electron chi connectivity index (χ4n) is 6.00. The number of benzene rings is 3. The molecule has 5 nitrogen and oxygen atoms in total. The van der Waals surface area contributed by atoms with Gasteiger partial charge in [-0.1, -0.05) is 73.3 Å². The molecule has 3 aromatic rings. The highest BCUT2D eigenvalue weighted by Gasteiger charge is 2.35. The monoisotopic (exact) mass is 556 g/mol. The lowest BCUT2D eigenvalue weighted by molar-refractivity contribution is 0.159. The topological polar surface area (TPSA) is 48.9 Å². The Labute approximate surface area is 241 Å². The number of allylic oxidation sites excluding steroid dienone is 2. The molecule has 5 rings (SSSR count). The summed E-state index contributed by atoms with van der Waals surface area (Å²) >= 11 is 0. The van der Waals surface area contributed by atoms with E-state index in [1.807, 2.05) is 24.3 Å². The molecular formula is C34H38F2N4O. The van der Waals surface area contributed by atoms with Gasteiger partial charge in [0.25, 0.3) is 0 Å². The minimum absolute atomic E-state index is 0.0453. The van der Waals surface area contributed by atoms with Crippen molar-refractivity contribution in [3.63, 3.8) is 0 Å². The van der Waals surface area contributed by atoms with Gasteiger partial charge in [-0.3, -0.25) is 9.89 Å². The maximum absolute atomic E-state index is 14.2. The lowest BCUT2D eigenvalue weighted by Gasteiger charge is -2.28. The number of hydrogen-bond donors (Lipinski definition) is 2. The normalized spacial score (nSPS) is 21.4. The molecule has 0 spiro atoms. The quantitative estimate of drug-likeness (QED) is 0.323. The molecule has 0 amide bonds. The Bertz CT molecular complexity index is 1410. The highest BCUT2D eigenvalue weighted by molar-refractivity contribution is 6.13. The van der Waals surface area contributed by atoms with Crippen LogP contribution in [0.4, 0.5) is 8.78 Å². The molecule has 2 N–H and O–H groups in total. The zero-order valence-electron chi connectivity index (χ0n) is 23.7. The highest BCUT2D eigenvalue weighted by Crippen LogP contribution is 2.33. The Balaban J connectivity index is 1.43. The van der Waals surface area contributed by atoms with Gasteiger partial charge in [0.05, 0.1) is 18.1 Å². The summed E-state index contributed by atoms with van der Waals surface area (Å²) in [5.41, 5.74) is 6.19. The van der Waals surface area contributed by atoms with Gasteiger partial charge in [-0.2, -0.15) is 0 Å². The van der Waals surface area contributed by atoms with Gasteiger partial charge >= 0.3 is 0 Å². The van der Waals surface area contributed by atoms with E-state index in [2.05, 4.69) is 65.4 Å². The number of aliphatic imine (C=N–C) groups is 1. The third-order valence-electron chi connectivity index (χ3n) is 8.07. The van der Waals surface area contributed by atoms with Gasteiger partial charge in [0.15, 0.2) is 11.6 Å². The second kappa shape index (κ2) is 13.2. The van der Waals surface area contributed by atoms with E-state index in [1.165, 1.54) is 17.7 Å². The van der Waals surface area contributed by atoms with Gasteiger partial charge in [0.1, 0.15) is 0 Å². The Morgan fingerprint density at radius 1 is 0.976 bits per heavy atom. The molecule has 0 saturated carbocycles. The standard InChI is InChI=1S/C34H38F2N4O/c1-23-33(26-12-8-5-9-13-26)37-17-16-28(25-10-6-4-7-11-25)34(23)39-24(2)38-32-22-40(18-19-41-3)21-29(32)27-14-15-30(35)31(36)20-27/h4-15,20,28-29,32,38-39H,2,16-19,21-22H2,1,3H3/t28?,29-,32+/m0/s1. The van der Waals surface area contributed by atoms with Crippen LogP contribution in [0.25, 0.3) is 0 Å². The first-order chi connectivity index (χ1) is 19.9. The fraction of sp³-hybridized carbons (Fsp3) is 0.324. The molecule has 2 heterocycles. The van der Waals surface area contributed by atoms with Gasteiger partial charge in [-0.25, -0.2) is 8.78 Å². The minimum Gasteiger partial charge on any atom is -0.383 e. The fourth-order valence-corrected chi connectivity index (χ4v) is 6.00. The van der Waals surface area contributed by atoms with Crippen molar-refractivity contribution in [2.24, 2.45) is 4.99 Å². The van der Waals surface area contributed by atoms with Crippen LogP contribution in [0, 0.1) is 11.6 Å². The molecule has 2 aliphatic rings. The predicted octanol–water partition coefficient (Wildman–Crippen LogP) is 5.98. The van der Waals surface area contributed by atoms with Crippen molar-refractivity contribution in [1.82, 2.24) is 15.5 Å². The first kappa shape index (κ1) is 28.7. The molecular weight excluding hydrogens is 518 g/mol. The van der Waals surface area contributed by atoms with Crippen LogP contribution in [0.15, 0.2) is 108 Å². The summed E-state index contributed by atoms with van der Waals surface area (Å²) in [6, 6.07) is 24.9. The van der Waals surface area contributed by atoms with E-state index in [0.29, 0.717) is 25.5 Å². The van der Waals surface area contributed by atoms with E-state index in [4.69, 9.17) is 9.73 Å². The van der Waals surface area contributed by atoms with Crippen molar-refractivity contribution in [2.45, 2.75) is 31.2 Å². The van der Waals surface area contributed by atoms with Gasteiger partial charge in [-0.05, 0) is 47.7 Å². The molecule has 1 unspecified atom stereocenters. The molecule has 3 aromatic carbocycles. The van der Waals surface area contributed by atoms with Gasteiger partial charge in [0.2, 0.25) is 0 Å². The van der Waals surface area contributed by atoms with Crippen LogP contribution in [-0.4, -0.2) is 56.5 Å². The van der Waals surface area contributed by atoms with Gasteiger partial charge in [0, 0.05) is 56.9 Å². The molecule has 0 aromatic heterocycles. The number of nitrogens with zero attached hydrogens (tertiary/aromatic N) is 2. The number of likely N-dealkylation sites (tertiary alicyclic amines) is 1. The van der Waals surface area contributed by atoms with Crippen LogP contribution in [0.2, 0.25) is 0 Å².